The average Bonchev–Trinajstić information content (AvgIpc) is 3.43. The first-order valence-corrected chi connectivity index (χ1v) is 16.1. The van der Waals surface area contributed by atoms with E-state index in [0.29, 0.717) is 27.8 Å². The molecule has 1 aliphatic rings. The smallest absolute Gasteiger partial charge is 0.119 e. The summed E-state index contributed by atoms with van der Waals surface area (Å²) in [7, 11) is 13.1. The van der Waals surface area contributed by atoms with E-state index in [2.05, 4.69) is 96.3 Å². The molecule has 5 rings (SSSR count). The number of benzene rings is 3. The summed E-state index contributed by atoms with van der Waals surface area (Å²) in [4.78, 5) is 0. The Kier molecular flexibility index (Phi) is 9.35. The van der Waals surface area contributed by atoms with Gasteiger partial charge in [-0.2, -0.15) is 5.10 Å². The maximum atomic E-state index is 11.0. The number of rotatable bonds is 7. The third kappa shape index (κ3) is 5.16. The summed E-state index contributed by atoms with van der Waals surface area (Å²) in [5.74, 6) is -0.0182. The highest BCUT2D eigenvalue weighted by molar-refractivity contribution is 6.43. The molecule has 0 fully saturated rings. The number of aromatic hydroxyl groups is 1. The minimum atomic E-state index is -0.0182. The average molecular weight is 600 g/mol. The lowest BCUT2D eigenvalue weighted by molar-refractivity contribution is 0.476. The van der Waals surface area contributed by atoms with E-state index >= 15 is 0 Å². The molecule has 0 amide bonds. The summed E-state index contributed by atoms with van der Waals surface area (Å²) < 4.78 is 2.04. The Morgan fingerprint density at radius 2 is 1.85 bits per heavy atom. The molecule has 228 valence electrons. The molecule has 0 atom stereocenters. The van der Waals surface area contributed by atoms with Crippen molar-refractivity contribution in [2.45, 2.75) is 67.7 Å². The Morgan fingerprint density at radius 1 is 1.11 bits per heavy atom. The summed E-state index contributed by atoms with van der Waals surface area (Å²) in [6.07, 6.45) is 15.2. The van der Waals surface area contributed by atoms with E-state index in [-0.39, 0.29) is 11.2 Å². The van der Waals surface area contributed by atoms with E-state index < -0.39 is 0 Å². The van der Waals surface area contributed by atoms with Crippen LogP contribution in [0.1, 0.15) is 81.0 Å². The van der Waals surface area contributed by atoms with Crippen molar-refractivity contribution >= 4 is 72.5 Å². The summed E-state index contributed by atoms with van der Waals surface area (Å²) in [6.45, 7) is 22.9. The summed E-state index contributed by atoms with van der Waals surface area (Å²) in [5.41, 5.74) is 11.9. The van der Waals surface area contributed by atoms with Gasteiger partial charge in [0.1, 0.15) is 21.4 Å². The standard InChI is InChI=1S/C41H42B2N2O/c1-10-17-30-27(11-2)22-33(35-23(6)18-15-20-31(30)35)28(12-3)25(8)34(14-5)45-40-24(7)19-16-21-32(40)39(44-45)36-29(13-4)37(42)26(9)41(46)38(36)43/h11-15,17-20,22,46H,3-4,10,16,21H2,1-2,5-9H3/b27-11-,28-25+,30-17+,34-14+. The predicted octanol–water partition coefficient (Wildman–Crippen LogP) is 7.12. The first kappa shape index (κ1) is 32.9. The highest BCUT2D eigenvalue weighted by Gasteiger charge is 2.28. The number of hydrogen-bond donors (Lipinski definition) is 1. The van der Waals surface area contributed by atoms with Crippen molar-refractivity contribution in [3.8, 4) is 17.0 Å². The Morgan fingerprint density at radius 3 is 2.48 bits per heavy atom. The summed E-state index contributed by atoms with van der Waals surface area (Å²) in [6, 6.07) is 8.84. The molecular formula is C41H42B2N2O. The molecule has 0 saturated heterocycles. The molecule has 3 nitrogen and oxygen atoms in total. The molecule has 4 radical (unpaired) electrons. The van der Waals surface area contributed by atoms with Crippen LogP contribution in [-0.4, -0.2) is 30.6 Å². The Balaban J connectivity index is 1.87. The molecule has 1 aliphatic carbocycles. The number of allylic oxidation sites excluding steroid dienone is 7. The molecule has 1 heterocycles. The van der Waals surface area contributed by atoms with Gasteiger partial charge in [-0.15, -0.1) is 0 Å². The maximum absolute atomic E-state index is 11.0. The van der Waals surface area contributed by atoms with Crippen LogP contribution in [0.5, 0.6) is 5.75 Å². The minimum Gasteiger partial charge on any atom is -0.508 e. The highest BCUT2D eigenvalue weighted by atomic mass is 16.3. The van der Waals surface area contributed by atoms with E-state index in [1.807, 2.05) is 17.7 Å². The summed E-state index contributed by atoms with van der Waals surface area (Å²) in [5, 5.41) is 21.2. The third-order valence-electron chi connectivity index (χ3n) is 9.43. The molecule has 3 aromatic carbocycles. The fourth-order valence-electron chi connectivity index (χ4n) is 7.09. The molecule has 1 aromatic heterocycles. The zero-order valence-corrected chi connectivity index (χ0v) is 28.3. The van der Waals surface area contributed by atoms with E-state index in [4.69, 9.17) is 20.8 Å². The number of aromatic nitrogens is 2. The van der Waals surface area contributed by atoms with E-state index in [9.17, 15) is 5.11 Å². The maximum Gasteiger partial charge on any atom is 0.119 e. The van der Waals surface area contributed by atoms with Gasteiger partial charge in [0.25, 0.3) is 0 Å². The molecule has 0 unspecified atom stereocenters. The van der Waals surface area contributed by atoms with Crippen LogP contribution in [-0.2, 0) is 6.42 Å². The molecule has 0 aliphatic heterocycles. The van der Waals surface area contributed by atoms with Crippen LogP contribution in [0.25, 0.3) is 57.1 Å². The normalized spacial score (nSPS) is 14.8. The Bertz CT molecular complexity index is 2160. The molecule has 0 saturated carbocycles. The van der Waals surface area contributed by atoms with Crippen molar-refractivity contribution in [2.75, 3.05) is 0 Å². The molecule has 1 N–H and O–H groups in total. The number of fused-ring (bicyclic) bond motifs is 2. The zero-order valence-electron chi connectivity index (χ0n) is 28.3. The summed E-state index contributed by atoms with van der Waals surface area (Å²) >= 11 is 0. The topological polar surface area (TPSA) is 38.1 Å². The van der Waals surface area contributed by atoms with Crippen molar-refractivity contribution in [3.05, 3.63) is 105 Å². The van der Waals surface area contributed by atoms with Gasteiger partial charge in [0.05, 0.1) is 17.1 Å². The second-order valence-corrected chi connectivity index (χ2v) is 12.0. The van der Waals surface area contributed by atoms with E-state index in [0.717, 1.165) is 58.5 Å². The van der Waals surface area contributed by atoms with Crippen LogP contribution in [0.15, 0.2) is 61.2 Å². The van der Waals surface area contributed by atoms with Gasteiger partial charge in [0.15, 0.2) is 0 Å². The van der Waals surface area contributed by atoms with Gasteiger partial charge in [-0.1, -0.05) is 80.2 Å². The fraction of sp³-hybridized carbons (Fsp3) is 0.244. The fourth-order valence-corrected chi connectivity index (χ4v) is 7.09. The van der Waals surface area contributed by atoms with E-state index in [1.165, 1.54) is 26.8 Å². The number of hydrogen-bond acceptors (Lipinski definition) is 2. The van der Waals surface area contributed by atoms with Crippen LogP contribution in [0.3, 0.4) is 0 Å². The van der Waals surface area contributed by atoms with Gasteiger partial charge in [-0.3, -0.25) is 0 Å². The largest absolute Gasteiger partial charge is 0.508 e. The van der Waals surface area contributed by atoms with Crippen molar-refractivity contribution in [1.29, 1.82) is 0 Å². The van der Waals surface area contributed by atoms with Gasteiger partial charge >= 0.3 is 0 Å². The lowest BCUT2D eigenvalue weighted by Crippen LogP contribution is -2.26. The van der Waals surface area contributed by atoms with Gasteiger partial charge in [-0.25, -0.2) is 4.68 Å². The Labute approximate surface area is 276 Å². The zero-order chi connectivity index (χ0) is 33.4. The third-order valence-corrected chi connectivity index (χ3v) is 9.43. The van der Waals surface area contributed by atoms with E-state index in [1.54, 1.807) is 13.0 Å². The molecule has 0 spiro atoms. The van der Waals surface area contributed by atoms with Crippen molar-refractivity contribution < 1.29 is 5.11 Å². The lowest BCUT2D eigenvalue weighted by atomic mass is 9.74. The monoisotopic (exact) mass is 600 g/mol. The van der Waals surface area contributed by atoms with Crippen LogP contribution >= 0.6 is 0 Å². The lowest BCUT2D eigenvalue weighted by Gasteiger charge is -2.20. The molecular weight excluding hydrogens is 558 g/mol. The molecule has 0 bridgehead atoms. The second kappa shape index (κ2) is 13.1. The predicted molar refractivity (Wildman–Crippen MR) is 202 cm³/mol. The van der Waals surface area contributed by atoms with Crippen LogP contribution in [0.2, 0.25) is 0 Å². The molecule has 46 heavy (non-hydrogen) atoms. The van der Waals surface area contributed by atoms with Gasteiger partial charge < -0.3 is 5.11 Å². The van der Waals surface area contributed by atoms with Gasteiger partial charge in [0.2, 0.25) is 0 Å². The van der Waals surface area contributed by atoms with Gasteiger partial charge in [-0.05, 0) is 133 Å². The number of phenolic OH excluding ortho intramolecular Hbond substituents is 1. The number of phenols is 1. The van der Waals surface area contributed by atoms with Crippen molar-refractivity contribution in [3.63, 3.8) is 0 Å². The molecule has 5 heteroatoms. The van der Waals surface area contributed by atoms with Crippen LogP contribution < -0.4 is 21.4 Å². The second-order valence-electron chi connectivity index (χ2n) is 12.0. The first-order chi connectivity index (χ1) is 22.1. The molecule has 4 aromatic rings. The van der Waals surface area contributed by atoms with Gasteiger partial charge in [0, 0.05) is 11.1 Å². The van der Waals surface area contributed by atoms with Crippen molar-refractivity contribution in [1.82, 2.24) is 9.78 Å². The SMILES string of the molecule is [B]c1c(C)c(O)c([B])c(-c2nn(C(=C/C)/C(C)=C(\C=C)c3cc(=C/C)/c(=C\CC)c4cccc(C)c34)c3c2CCC=C3C)c1C=C. The quantitative estimate of drug-likeness (QED) is 0.181. The number of aryl methyl sites for hydroxylation is 1. The van der Waals surface area contributed by atoms with Crippen LogP contribution in [0.4, 0.5) is 0 Å². The van der Waals surface area contributed by atoms with Crippen molar-refractivity contribution in [2.24, 2.45) is 0 Å². The Hall–Kier alpha value is -4.50. The highest BCUT2D eigenvalue weighted by Crippen LogP contribution is 2.40. The first-order valence-electron chi connectivity index (χ1n) is 16.1. The number of nitrogens with zero attached hydrogens (tertiary/aromatic N) is 2. The van der Waals surface area contributed by atoms with Crippen LogP contribution in [0, 0.1) is 13.8 Å². The minimum absolute atomic E-state index is 0.0182.